The molecule has 19 heavy (non-hydrogen) atoms. The molecule has 3 rings (SSSR count). The van der Waals surface area contributed by atoms with Crippen LogP contribution in [0.2, 0.25) is 0 Å². The van der Waals surface area contributed by atoms with Crippen molar-refractivity contribution in [1.82, 2.24) is 0 Å². The van der Waals surface area contributed by atoms with Crippen molar-refractivity contribution >= 4 is 0 Å². The molecule has 0 N–H and O–H groups in total. The fourth-order valence-electron chi connectivity index (χ4n) is 1.96. The van der Waals surface area contributed by atoms with Crippen LogP contribution in [-0.4, -0.2) is 19.3 Å². The molecule has 1 aromatic heterocycles. The molecule has 0 unspecified atom stereocenters. The van der Waals surface area contributed by atoms with Gasteiger partial charge in [0.2, 0.25) is 6.29 Å². The highest BCUT2D eigenvalue weighted by Crippen LogP contribution is 2.24. The topological polar surface area (TPSA) is 40.8 Å². The van der Waals surface area contributed by atoms with E-state index in [4.69, 9.17) is 18.6 Å². The minimum absolute atomic E-state index is 0.0357. The molecule has 0 spiro atoms. The lowest BCUT2D eigenvalue weighted by molar-refractivity contribution is -0.238. The van der Waals surface area contributed by atoms with Gasteiger partial charge in [-0.15, -0.1) is 0 Å². The zero-order chi connectivity index (χ0) is 12.9. The maximum atomic E-state index is 5.75. The Morgan fingerprint density at radius 2 is 1.79 bits per heavy atom. The summed E-state index contributed by atoms with van der Waals surface area (Å²) in [5, 5.41) is 0. The number of benzene rings is 1. The van der Waals surface area contributed by atoms with E-state index in [2.05, 4.69) is 0 Å². The van der Waals surface area contributed by atoms with Gasteiger partial charge < -0.3 is 18.6 Å². The summed E-state index contributed by atoms with van der Waals surface area (Å²) in [4.78, 5) is 0. The summed E-state index contributed by atoms with van der Waals surface area (Å²) in [5.74, 6) is 0.696. The van der Waals surface area contributed by atoms with E-state index in [1.165, 1.54) is 0 Å². The molecule has 1 aromatic carbocycles. The molecule has 1 aliphatic heterocycles. The average molecular weight is 260 g/mol. The van der Waals surface area contributed by atoms with Crippen LogP contribution < -0.4 is 0 Å². The molecule has 0 radical (unpaired) electrons. The van der Waals surface area contributed by atoms with Crippen LogP contribution >= 0.6 is 0 Å². The predicted molar refractivity (Wildman–Crippen MR) is 68.4 cm³/mol. The standard InChI is InChI=1S/C15H16O4/c1-2-5-12(6-3-1)9-17-13-10-18-15(19-11-13)14-7-4-8-16-14/h1-8,13,15H,9-11H2. The number of furan rings is 1. The van der Waals surface area contributed by atoms with Crippen LogP contribution in [0.4, 0.5) is 0 Å². The maximum Gasteiger partial charge on any atom is 0.217 e. The Balaban J connectivity index is 1.46. The van der Waals surface area contributed by atoms with Gasteiger partial charge >= 0.3 is 0 Å². The largest absolute Gasteiger partial charge is 0.464 e. The number of hydrogen-bond acceptors (Lipinski definition) is 4. The van der Waals surface area contributed by atoms with Gasteiger partial charge in [-0.25, -0.2) is 0 Å². The normalized spacial score (nSPS) is 23.4. The molecule has 4 nitrogen and oxygen atoms in total. The van der Waals surface area contributed by atoms with Crippen LogP contribution in [0.5, 0.6) is 0 Å². The van der Waals surface area contributed by atoms with Crippen molar-refractivity contribution in [2.45, 2.75) is 19.0 Å². The van der Waals surface area contributed by atoms with Crippen molar-refractivity contribution in [1.29, 1.82) is 0 Å². The fraction of sp³-hybridized carbons (Fsp3) is 0.333. The van der Waals surface area contributed by atoms with Crippen molar-refractivity contribution in [3.63, 3.8) is 0 Å². The minimum atomic E-state index is -0.411. The smallest absolute Gasteiger partial charge is 0.217 e. The summed E-state index contributed by atoms with van der Waals surface area (Å²) >= 11 is 0. The Morgan fingerprint density at radius 3 is 2.47 bits per heavy atom. The van der Waals surface area contributed by atoms with E-state index >= 15 is 0 Å². The average Bonchev–Trinajstić information content (AvgIpc) is 3.01. The molecule has 2 heterocycles. The highest BCUT2D eigenvalue weighted by molar-refractivity contribution is 5.13. The zero-order valence-corrected chi connectivity index (χ0v) is 10.5. The third-order valence-electron chi connectivity index (χ3n) is 2.97. The Morgan fingerprint density at radius 1 is 1.00 bits per heavy atom. The summed E-state index contributed by atoms with van der Waals surface area (Å²) < 4.78 is 22.2. The fourth-order valence-corrected chi connectivity index (χ4v) is 1.96. The van der Waals surface area contributed by atoms with Crippen molar-refractivity contribution in [2.24, 2.45) is 0 Å². The lowest BCUT2D eigenvalue weighted by atomic mass is 10.2. The highest BCUT2D eigenvalue weighted by atomic mass is 16.7. The molecule has 100 valence electrons. The molecule has 0 atom stereocenters. The van der Waals surface area contributed by atoms with Crippen LogP contribution in [0.3, 0.4) is 0 Å². The van der Waals surface area contributed by atoms with Crippen LogP contribution in [-0.2, 0) is 20.8 Å². The molecule has 1 fully saturated rings. The second-order valence-corrected chi connectivity index (χ2v) is 4.43. The molecule has 0 bridgehead atoms. The first kappa shape index (κ1) is 12.4. The van der Waals surface area contributed by atoms with Crippen molar-refractivity contribution in [3.05, 3.63) is 60.1 Å². The Bertz CT molecular complexity index is 472. The third kappa shape index (κ3) is 3.23. The van der Waals surface area contributed by atoms with E-state index in [1.807, 2.05) is 42.5 Å². The van der Waals surface area contributed by atoms with Crippen molar-refractivity contribution in [3.8, 4) is 0 Å². The zero-order valence-electron chi connectivity index (χ0n) is 10.5. The molecule has 1 saturated heterocycles. The predicted octanol–water partition coefficient (Wildman–Crippen LogP) is 2.91. The van der Waals surface area contributed by atoms with Gasteiger partial charge in [0.05, 0.1) is 26.1 Å². The van der Waals surface area contributed by atoms with Crippen LogP contribution in [0, 0.1) is 0 Å². The van der Waals surface area contributed by atoms with E-state index in [-0.39, 0.29) is 6.10 Å². The van der Waals surface area contributed by atoms with Gasteiger partial charge in [0, 0.05) is 0 Å². The second-order valence-electron chi connectivity index (χ2n) is 4.43. The molecule has 0 saturated carbocycles. The molecule has 0 aliphatic carbocycles. The van der Waals surface area contributed by atoms with Crippen molar-refractivity contribution < 1.29 is 18.6 Å². The van der Waals surface area contributed by atoms with E-state index in [9.17, 15) is 0 Å². The first-order valence-electron chi connectivity index (χ1n) is 6.34. The first-order valence-corrected chi connectivity index (χ1v) is 6.34. The second kappa shape index (κ2) is 6.02. The van der Waals surface area contributed by atoms with Gasteiger partial charge in [-0.2, -0.15) is 0 Å². The van der Waals surface area contributed by atoms with Gasteiger partial charge in [0.15, 0.2) is 5.76 Å². The summed E-state index contributed by atoms with van der Waals surface area (Å²) in [6.07, 6.45) is 1.16. The number of ether oxygens (including phenoxy) is 3. The van der Waals surface area contributed by atoms with Gasteiger partial charge in [-0.05, 0) is 17.7 Å². The van der Waals surface area contributed by atoms with Gasteiger partial charge in [-0.1, -0.05) is 30.3 Å². The quantitative estimate of drug-likeness (QED) is 0.847. The lowest BCUT2D eigenvalue weighted by Gasteiger charge is -2.28. The summed E-state index contributed by atoms with van der Waals surface area (Å²) in [6, 6.07) is 13.7. The molecule has 1 aliphatic rings. The van der Waals surface area contributed by atoms with E-state index in [0.717, 1.165) is 5.56 Å². The summed E-state index contributed by atoms with van der Waals surface area (Å²) in [6.45, 7) is 1.60. The van der Waals surface area contributed by atoms with Crippen LogP contribution in [0.15, 0.2) is 53.1 Å². The highest BCUT2D eigenvalue weighted by Gasteiger charge is 2.25. The summed E-state index contributed by atoms with van der Waals surface area (Å²) in [5.41, 5.74) is 1.15. The van der Waals surface area contributed by atoms with E-state index in [0.29, 0.717) is 25.6 Å². The SMILES string of the molecule is c1ccc(COC2COC(c3ccco3)OC2)cc1. The Labute approximate surface area is 111 Å². The van der Waals surface area contributed by atoms with Gasteiger partial charge in [0.1, 0.15) is 6.10 Å². The first-order chi connectivity index (χ1) is 9.42. The third-order valence-corrected chi connectivity index (χ3v) is 2.97. The van der Waals surface area contributed by atoms with Crippen LogP contribution in [0.1, 0.15) is 17.6 Å². The molecule has 4 heteroatoms. The Hall–Kier alpha value is -1.62. The minimum Gasteiger partial charge on any atom is -0.464 e. The molecular weight excluding hydrogens is 244 g/mol. The van der Waals surface area contributed by atoms with Crippen LogP contribution in [0.25, 0.3) is 0 Å². The molecule has 2 aromatic rings. The Kier molecular flexibility index (Phi) is 3.93. The number of rotatable bonds is 4. The molecular formula is C15H16O4. The monoisotopic (exact) mass is 260 g/mol. The van der Waals surface area contributed by atoms with Gasteiger partial charge in [0.25, 0.3) is 0 Å². The van der Waals surface area contributed by atoms with E-state index in [1.54, 1.807) is 6.26 Å². The van der Waals surface area contributed by atoms with Gasteiger partial charge in [-0.3, -0.25) is 0 Å². The summed E-state index contributed by atoms with van der Waals surface area (Å²) in [7, 11) is 0. The number of hydrogen-bond donors (Lipinski definition) is 0. The molecule has 0 amide bonds. The van der Waals surface area contributed by atoms with Crippen molar-refractivity contribution in [2.75, 3.05) is 13.2 Å². The maximum absolute atomic E-state index is 5.75. The van der Waals surface area contributed by atoms with E-state index < -0.39 is 6.29 Å². The lowest BCUT2D eigenvalue weighted by Crippen LogP contribution is -2.33.